The molecule has 0 aromatic rings. The lowest BCUT2D eigenvalue weighted by atomic mass is 9.91. The second-order valence-corrected chi connectivity index (χ2v) is 4.22. The Morgan fingerprint density at radius 1 is 1.38 bits per heavy atom. The van der Waals surface area contributed by atoms with Crippen molar-refractivity contribution in [3.05, 3.63) is 12.7 Å². The van der Waals surface area contributed by atoms with E-state index in [1.54, 1.807) is 0 Å². The quantitative estimate of drug-likeness (QED) is 0.455. The molecular weight excluding hydrogens is 207 g/mol. The van der Waals surface area contributed by atoms with Gasteiger partial charge >= 0.3 is 5.97 Å². The highest BCUT2D eigenvalue weighted by Crippen LogP contribution is 2.22. The molecule has 0 saturated carbocycles. The summed E-state index contributed by atoms with van der Waals surface area (Å²) in [7, 11) is 0. The van der Waals surface area contributed by atoms with Crippen LogP contribution in [0.2, 0.25) is 0 Å². The molecule has 1 N–H and O–H groups in total. The smallest absolute Gasteiger partial charge is 0.303 e. The summed E-state index contributed by atoms with van der Waals surface area (Å²) in [5.41, 5.74) is 0. The van der Waals surface area contributed by atoms with E-state index in [0.717, 1.165) is 32.1 Å². The molecule has 0 aliphatic heterocycles. The van der Waals surface area contributed by atoms with Gasteiger partial charge < -0.3 is 5.11 Å². The molecule has 2 atom stereocenters. The minimum atomic E-state index is -1.07. The Balaban J connectivity index is 3.90. The first-order chi connectivity index (χ1) is 7.61. The van der Waals surface area contributed by atoms with Crippen LogP contribution in [0.3, 0.4) is 0 Å². The first-order valence-corrected chi connectivity index (χ1v) is 6.10. The summed E-state index contributed by atoms with van der Waals surface area (Å²) in [5, 5.41) is 8.58. The monoisotopic (exact) mass is 230 g/mol. The second kappa shape index (κ2) is 9.37. The van der Waals surface area contributed by atoms with E-state index in [1.807, 2.05) is 0 Å². The lowest BCUT2D eigenvalue weighted by molar-refractivity contribution is -0.137. The topological polar surface area (TPSA) is 37.3 Å². The van der Waals surface area contributed by atoms with Gasteiger partial charge in [0.15, 0.2) is 0 Å². The zero-order chi connectivity index (χ0) is 12.4. The molecule has 0 heterocycles. The lowest BCUT2D eigenvalue weighted by Gasteiger charge is -2.17. The van der Waals surface area contributed by atoms with E-state index in [1.165, 1.54) is 6.08 Å². The van der Waals surface area contributed by atoms with Crippen molar-refractivity contribution in [2.75, 3.05) is 0 Å². The fourth-order valence-electron chi connectivity index (χ4n) is 1.80. The molecule has 0 radical (unpaired) electrons. The SMILES string of the molecule is C=CC(F)C(CCCCCC)CCC(=O)O. The summed E-state index contributed by atoms with van der Waals surface area (Å²) in [4.78, 5) is 10.4. The van der Waals surface area contributed by atoms with E-state index in [9.17, 15) is 9.18 Å². The molecule has 2 unspecified atom stereocenters. The summed E-state index contributed by atoms with van der Waals surface area (Å²) < 4.78 is 13.4. The van der Waals surface area contributed by atoms with Crippen molar-refractivity contribution < 1.29 is 14.3 Å². The predicted molar refractivity (Wildman–Crippen MR) is 64.2 cm³/mol. The average Bonchev–Trinajstić information content (AvgIpc) is 2.27. The van der Waals surface area contributed by atoms with E-state index in [0.29, 0.717) is 6.42 Å². The molecule has 3 heteroatoms. The van der Waals surface area contributed by atoms with Gasteiger partial charge in [0.2, 0.25) is 0 Å². The summed E-state index contributed by atoms with van der Waals surface area (Å²) >= 11 is 0. The first-order valence-electron chi connectivity index (χ1n) is 6.10. The van der Waals surface area contributed by atoms with Crippen LogP contribution >= 0.6 is 0 Å². The molecule has 0 fully saturated rings. The molecule has 94 valence electrons. The fraction of sp³-hybridized carbons (Fsp3) is 0.769. The Kier molecular flexibility index (Phi) is 8.87. The van der Waals surface area contributed by atoms with Gasteiger partial charge in [-0.15, -0.1) is 6.58 Å². The van der Waals surface area contributed by atoms with Crippen molar-refractivity contribution in [1.29, 1.82) is 0 Å². The Morgan fingerprint density at radius 2 is 2.06 bits per heavy atom. The molecule has 0 saturated heterocycles. The second-order valence-electron chi connectivity index (χ2n) is 4.22. The molecule has 0 bridgehead atoms. The number of halogens is 1. The third kappa shape index (κ3) is 7.43. The van der Waals surface area contributed by atoms with Crippen LogP contribution < -0.4 is 0 Å². The Bertz CT molecular complexity index is 204. The van der Waals surface area contributed by atoms with Crippen LogP contribution in [0.5, 0.6) is 0 Å². The minimum absolute atomic E-state index is 0.0483. The molecule has 16 heavy (non-hydrogen) atoms. The minimum Gasteiger partial charge on any atom is -0.481 e. The van der Waals surface area contributed by atoms with Crippen LogP contribution in [0.15, 0.2) is 12.7 Å². The molecule has 0 aliphatic carbocycles. The van der Waals surface area contributed by atoms with Gasteiger partial charge in [-0.25, -0.2) is 4.39 Å². The zero-order valence-electron chi connectivity index (χ0n) is 10.1. The largest absolute Gasteiger partial charge is 0.481 e. The van der Waals surface area contributed by atoms with Crippen molar-refractivity contribution >= 4 is 5.97 Å². The van der Waals surface area contributed by atoms with Gasteiger partial charge in [-0.1, -0.05) is 38.7 Å². The molecule has 0 aromatic heterocycles. The summed E-state index contributed by atoms with van der Waals surface area (Å²) in [5.74, 6) is -1.03. The number of rotatable bonds is 10. The number of allylic oxidation sites excluding steroid dienone is 1. The number of unbranched alkanes of at least 4 members (excludes halogenated alkanes) is 3. The van der Waals surface area contributed by atoms with Crippen molar-refractivity contribution in [3.63, 3.8) is 0 Å². The Hall–Kier alpha value is -0.860. The van der Waals surface area contributed by atoms with Gasteiger partial charge in [-0.05, 0) is 18.8 Å². The van der Waals surface area contributed by atoms with Crippen LogP contribution in [0.25, 0.3) is 0 Å². The number of hydrogen-bond acceptors (Lipinski definition) is 1. The van der Waals surface area contributed by atoms with Crippen LogP contribution in [0.4, 0.5) is 4.39 Å². The van der Waals surface area contributed by atoms with Gasteiger partial charge in [-0.3, -0.25) is 4.79 Å². The number of alkyl halides is 1. The van der Waals surface area contributed by atoms with Crippen LogP contribution in [0.1, 0.15) is 51.9 Å². The number of carboxylic acids is 1. The molecule has 2 nitrogen and oxygen atoms in total. The molecule has 0 aromatic carbocycles. The maximum Gasteiger partial charge on any atom is 0.303 e. The molecule has 0 spiro atoms. The van der Waals surface area contributed by atoms with E-state index in [2.05, 4.69) is 13.5 Å². The third-order valence-corrected chi connectivity index (χ3v) is 2.83. The first kappa shape index (κ1) is 15.1. The van der Waals surface area contributed by atoms with Crippen LogP contribution in [-0.2, 0) is 4.79 Å². The zero-order valence-corrected chi connectivity index (χ0v) is 10.1. The van der Waals surface area contributed by atoms with E-state index in [4.69, 9.17) is 5.11 Å². The number of carboxylic acid groups (broad SMARTS) is 1. The maximum atomic E-state index is 13.4. The Labute approximate surface area is 97.6 Å². The normalized spacial score (nSPS) is 14.4. The van der Waals surface area contributed by atoms with Crippen molar-refractivity contribution in [3.8, 4) is 0 Å². The highest BCUT2D eigenvalue weighted by atomic mass is 19.1. The molecular formula is C13H23FO2. The Morgan fingerprint density at radius 3 is 2.56 bits per heavy atom. The molecule has 0 rings (SSSR count). The summed E-state index contributed by atoms with van der Waals surface area (Å²) in [6.07, 6.45) is 5.84. The van der Waals surface area contributed by atoms with Gasteiger partial charge in [0.1, 0.15) is 6.17 Å². The van der Waals surface area contributed by atoms with Gasteiger partial charge in [0.25, 0.3) is 0 Å². The standard InChI is InChI=1S/C13H23FO2/c1-3-5-6-7-8-11(12(14)4-2)9-10-13(15)16/h4,11-12H,2-3,5-10H2,1H3,(H,15,16). The predicted octanol–water partition coefficient (Wildman–Crippen LogP) is 3.96. The average molecular weight is 230 g/mol. The number of aliphatic carboxylic acids is 1. The van der Waals surface area contributed by atoms with Crippen molar-refractivity contribution in [2.45, 2.75) is 58.0 Å². The van der Waals surface area contributed by atoms with Gasteiger partial charge in [0, 0.05) is 6.42 Å². The highest BCUT2D eigenvalue weighted by Gasteiger charge is 2.18. The number of hydrogen-bond donors (Lipinski definition) is 1. The van der Waals surface area contributed by atoms with E-state index < -0.39 is 12.1 Å². The van der Waals surface area contributed by atoms with Gasteiger partial charge in [0.05, 0.1) is 0 Å². The summed E-state index contributed by atoms with van der Waals surface area (Å²) in [6, 6.07) is 0. The van der Waals surface area contributed by atoms with E-state index >= 15 is 0 Å². The number of carbonyl (C=O) groups is 1. The van der Waals surface area contributed by atoms with Crippen molar-refractivity contribution in [1.82, 2.24) is 0 Å². The van der Waals surface area contributed by atoms with Crippen molar-refractivity contribution in [2.24, 2.45) is 5.92 Å². The van der Waals surface area contributed by atoms with E-state index in [-0.39, 0.29) is 12.3 Å². The van der Waals surface area contributed by atoms with Gasteiger partial charge in [-0.2, -0.15) is 0 Å². The summed E-state index contributed by atoms with van der Waals surface area (Å²) in [6.45, 7) is 5.56. The van der Waals surface area contributed by atoms with Crippen LogP contribution in [0, 0.1) is 5.92 Å². The maximum absolute atomic E-state index is 13.4. The molecule has 0 aliphatic rings. The highest BCUT2D eigenvalue weighted by molar-refractivity contribution is 5.66. The molecule has 0 amide bonds. The fourth-order valence-corrected chi connectivity index (χ4v) is 1.80. The lowest BCUT2D eigenvalue weighted by Crippen LogP contribution is -2.15. The third-order valence-electron chi connectivity index (χ3n) is 2.83. The van der Waals surface area contributed by atoms with Crippen LogP contribution in [-0.4, -0.2) is 17.2 Å².